The summed E-state index contributed by atoms with van der Waals surface area (Å²) >= 11 is 5.88. The van der Waals surface area contributed by atoms with Gasteiger partial charge in [-0.2, -0.15) is 0 Å². The number of imidazole rings is 1. The first kappa shape index (κ1) is 10.2. The topological polar surface area (TPSA) is 69.0 Å². The van der Waals surface area contributed by atoms with Crippen LogP contribution in [0.15, 0.2) is 29.1 Å². The van der Waals surface area contributed by atoms with E-state index in [1.807, 2.05) is 17.8 Å². The van der Waals surface area contributed by atoms with Gasteiger partial charge in [-0.15, -0.1) is 0 Å². The van der Waals surface area contributed by atoms with Gasteiger partial charge in [0.1, 0.15) is 11.9 Å². The quantitative estimate of drug-likeness (QED) is 0.610. The van der Waals surface area contributed by atoms with Crippen molar-refractivity contribution in [3.63, 3.8) is 0 Å². The number of halogens is 1. The van der Waals surface area contributed by atoms with Crippen LogP contribution in [0.5, 0.6) is 0 Å². The molecule has 5 nitrogen and oxygen atoms in total. The SMILES string of the molecule is Cn1ccnc1C(NN)c1ccoc1Cl. The number of nitrogens with one attached hydrogen (secondary N) is 1. The molecule has 2 heterocycles. The molecule has 15 heavy (non-hydrogen) atoms. The molecule has 0 aliphatic rings. The second kappa shape index (κ2) is 4.06. The van der Waals surface area contributed by atoms with E-state index < -0.39 is 0 Å². The third-order valence-corrected chi connectivity index (χ3v) is 2.55. The predicted molar refractivity (Wildman–Crippen MR) is 56.1 cm³/mol. The van der Waals surface area contributed by atoms with Gasteiger partial charge < -0.3 is 8.98 Å². The van der Waals surface area contributed by atoms with Crippen LogP contribution in [0.4, 0.5) is 0 Å². The molecule has 0 aliphatic carbocycles. The van der Waals surface area contributed by atoms with Gasteiger partial charge in [-0.1, -0.05) is 0 Å². The largest absolute Gasteiger partial charge is 0.453 e. The monoisotopic (exact) mass is 226 g/mol. The summed E-state index contributed by atoms with van der Waals surface area (Å²) in [4.78, 5) is 4.20. The summed E-state index contributed by atoms with van der Waals surface area (Å²) in [5, 5.41) is 0.320. The molecule has 0 saturated carbocycles. The van der Waals surface area contributed by atoms with Crippen LogP contribution in [0.25, 0.3) is 0 Å². The Labute approximate surface area is 91.8 Å². The molecule has 0 aliphatic heterocycles. The Morgan fingerprint density at radius 1 is 1.67 bits per heavy atom. The van der Waals surface area contributed by atoms with Crippen molar-refractivity contribution in [1.82, 2.24) is 15.0 Å². The second-order valence-electron chi connectivity index (χ2n) is 3.15. The first-order valence-electron chi connectivity index (χ1n) is 4.40. The molecule has 2 aromatic heterocycles. The van der Waals surface area contributed by atoms with E-state index in [9.17, 15) is 0 Å². The highest BCUT2D eigenvalue weighted by Crippen LogP contribution is 2.27. The fraction of sp³-hybridized carbons (Fsp3) is 0.222. The van der Waals surface area contributed by atoms with Gasteiger partial charge in [0.15, 0.2) is 5.22 Å². The number of furan rings is 1. The first-order valence-corrected chi connectivity index (χ1v) is 4.78. The van der Waals surface area contributed by atoms with Gasteiger partial charge in [-0.3, -0.25) is 5.84 Å². The van der Waals surface area contributed by atoms with Gasteiger partial charge in [0.2, 0.25) is 0 Å². The van der Waals surface area contributed by atoms with Gasteiger partial charge in [0, 0.05) is 25.0 Å². The zero-order chi connectivity index (χ0) is 10.8. The summed E-state index contributed by atoms with van der Waals surface area (Å²) < 4.78 is 6.89. The summed E-state index contributed by atoms with van der Waals surface area (Å²) in [5.41, 5.74) is 3.43. The van der Waals surface area contributed by atoms with E-state index in [4.69, 9.17) is 21.9 Å². The molecule has 0 spiro atoms. The third-order valence-electron chi connectivity index (χ3n) is 2.24. The maximum atomic E-state index is 5.88. The summed E-state index contributed by atoms with van der Waals surface area (Å²) in [6, 6.07) is 1.50. The van der Waals surface area contributed by atoms with Gasteiger partial charge in [0.25, 0.3) is 0 Å². The van der Waals surface area contributed by atoms with Crippen molar-refractivity contribution in [2.75, 3.05) is 0 Å². The van der Waals surface area contributed by atoms with E-state index in [0.29, 0.717) is 5.22 Å². The Balaban J connectivity index is 2.41. The van der Waals surface area contributed by atoms with Crippen LogP contribution in [0.3, 0.4) is 0 Å². The van der Waals surface area contributed by atoms with E-state index in [2.05, 4.69) is 10.4 Å². The molecule has 1 unspecified atom stereocenters. The minimum atomic E-state index is -0.267. The minimum Gasteiger partial charge on any atom is -0.453 e. The molecule has 2 aromatic rings. The molecule has 2 rings (SSSR count). The fourth-order valence-electron chi connectivity index (χ4n) is 1.47. The average Bonchev–Trinajstić information content (AvgIpc) is 2.80. The van der Waals surface area contributed by atoms with Crippen LogP contribution in [0, 0.1) is 0 Å². The number of nitrogens with two attached hydrogens (primary N) is 1. The Hall–Kier alpha value is -1.30. The Bertz CT molecular complexity index is 410. The highest BCUT2D eigenvalue weighted by atomic mass is 35.5. The van der Waals surface area contributed by atoms with E-state index in [1.165, 1.54) is 6.26 Å². The lowest BCUT2D eigenvalue weighted by molar-refractivity contribution is 0.543. The van der Waals surface area contributed by atoms with Gasteiger partial charge in [0.05, 0.1) is 6.26 Å². The van der Waals surface area contributed by atoms with Gasteiger partial charge in [-0.25, -0.2) is 10.4 Å². The minimum absolute atomic E-state index is 0.267. The second-order valence-corrected chi connectivity index (χ2v) is 3.49. The van der Waals surface area contributed by atoms with Gasteiger partial charge >= 0.3 is 0 Å². The number of rotatable bonds is 3. The lowest BCUT2D eigenvalue weighted by atomic mass is 10.1. The van der Waals surface area contributed by atoms with Crippen LogP contribution in [-0.4, -0.2) is 9.55 Å². The molecular weight excluding hydrogens is 216 g/mol. The van der Waals surface area contributed by atoms with E-state index in [0.717, 1.165) is 11.4 Å². The summed E-state index contributed by atoms with van der Waals surface area (Å²) in [7, 11) is 1.89. The zero-order valence-electron chi connectivity index (χ0n) is 8.14. The molecule has 3 N–H and O–H groups in total. The fourth-order valence-corrected chi connectivity index (χ4v) is 1.69. The van der Waals surface area contributed by atoms with Crippen molar-refractivity contribution in [3.05, 3.63) is 41.3 Å². The zero-order valence-corrected chi connectivity index (χ0v) is 8.90. The van der Waals surface area contributed by atoms with E-state index in [1.54, 1.807) is 12.3 Å². The lowest BCUT2D eigenvalue weighted by Gasteiger charge is -2.14. The summed E-state index contributed by atoms with van der Waals surface area (Å²) in [6.45, 7) is 0. The van der Waals surface area contributed by atoms with Gasteiger partial charge in [-0.05, 0) is 17.7 Å². The van der Waals surface area contributed by atoms with Crippen LogP contribution in [0.1, 0.15) is 17.4 Å². The Morgan fingerprint density at radius 2 is 2.47 bits per heavy atom. The van der Waals surface area contributed by atoms with Crippen LogP contribution in [-0.2, 0) is 7.05 Å². The van der Waals surface area contributed by atoms with Crippen LogP contribution < -0.4 is 11.3 Å². The standard InChI is InChI=1S/C9H11ClN4O/c1-14-4-3-12-9(14)7(13-11)6-2-5-15-8(6)10/h2-5,7,13H,11H2,1H3. The highest BCUT2D eigenvalue weighted by molar-refractivity contribution is 6.29. The predicted octanol–water partition coefficient (Wildman–Crippen LogP) is 1.22. The molecule has 1 atom stereocenters. The molecule has 0 aromatic carbocycles. The molecule has 6 heteroatoms. The van der Waals surface area contributed by atoms with Crippen molar-refractivity contribution < 1.29 is 4.42 Å². The molecule has 0 bridgehead atoms. The third kappa shape index (κ3) is 1.77. The normalized spacial score (nSPS) is 13.0. The molecule has 0 amide bonds. The van der Waals surface area contributed by atoms with E-state index >= 15 is 0 Å². The molecule has 80 valence electrons. The maximum Gasteiger partial charge on any atom is 0.198 e. The van der Waals surface area contributed by atoms with Crippen molar-refractivity contribution in [1.29, 1.82) is 0 Å². The number of hydrogen-bond acceptors (Lipinski definition) is 4. The van der Waals surface area contributed by atoms with Crippen molar-refractivity contribution in [3.8, 4) is 0 Å². The van der Waals surface area contributed by atoms with Crippen molar-refractivity contribution in [2.45, 2.75) is 6.04 Å². The molecule has 0 saturated heterocycles. The lowest BCUT2D eigenvalue weighted by Crippen LogP contribution is -2.30. The smallest absolute Gasteiger partial charge is 0.198 e. The van der Waals surface area contributed by atoms with Crippen molar-refractivity contribution >= 4 is 11.6 Å². The Morgan fingerprint density at radius 3 is 2.93 bits per heavy atom. The van der Waals surface area contributed by atoms with Crippen LogP contribution >= 0.6 is 11.6 Å². The number of hydrazine groups is 1. The highest BCUT2D eigenvalue weighted by Gasteiger charge is 2.20. The number of nitrogens with zero attached hydrogens (tertiary/aromatic N) is 2. The number of hydrogen-bond donors (Lipinski definition) is 2. The summed E-state index contributed by atoms with van der Waals surface area (Å²) in [5.74, 6) is 6.27. The molecular formula is C9H11ClN4O. The first-order chi connectivity index (χ1) is 7.24. The maximum absolute atomic E-state index is 5.88. The Kier molecular flexibility index (Phi) is 2.77. The van der Waals surface area contributed by atoms with Crippen molar-refractivity contribution in [2.24, 2.45) is 12.9 Å². The van der Waals surface area contributed by atoms with Crippen LogP contribution in [0.2, 0.25) is 5.22 Å². The average molecular weight is 227 g/mol. The molecule has 0 radical (unpaired) electrons. The van der Waals surface area contributed by atoms with E-state index in [-0.39, 0.29) is 6.04 Å². The summed E-state index contributed by atoms with van der Waals surface area (Å²) in [6.07, 6.45) is 5.06. The number of aromatic nitrogens is 2. The number of aryl methyl sites for hydroxylation is 1. The molecule has 0 fully saturated rings.